The number of aliphatic imine (C=N–C) groups is 1. The second-order valence-electron chi connectivity index (χ2n) is 24.1. The van der Waals surface area contributed by atoms with Crippen molar-refractivity contribution < 1.29 is 62.3 Å². The number of nitrogens with zero attached hydrogens (tertiary/aromatic N) is 3. The summed E-state index contributed by atoms with van der Waals surface area (Å²) in [4.78, 5) is 185. The van der Waals surface area contributed by atoms with Crippen LogP contribution in [0, 0.1) is 5.92 Å². The van der Waals surface area contributed by atoms with Crippen molar-refractivity contribution in [1.29, 1.82) is 0 Å². The predicted molar refractivity (Wildman–Crippen MR) is 356 cm³/mol. The van der Waals surface area contributed by atoms with E-state index in [9.17, 15) is 62.3 Å². The molecule has 0 aliphatic carbocycles. The van der Waals surface area contributed by atoms with Gasteiger partial charge in [0.25, 0.3) is 0 Å². The summed E-state index contributed by atoms with van der Waals surface area (Å²) in [6, 6.07) is 4.51. The van der Waals surface area contributed by atoms with E-state index in [1.807, 2.05) is 20.1 Å². The van der Waals surface area contributed by atoms with Crippen molar-refractivity contribution >= 4 is 94.5 Å². The summed E-state index contributed by atoms with van der Waals surface area (Å²) in [6.45, 7) is 3.86. The largest absolute Gasteiger partial charge is 0.370 e. The van der Waals surface area contributed by atoms with Crippen LogP contribution in [-0.4, -0.2) is 198 Å². The molecule has 32 heteroatoms. The number of hydrogen-bond donors (Lipinski definition) is 15. The van der Waals surface area contributed by atoms with Crippen LogP contribution in [0.2, 0.25) is 0 Å². The third-order valence-corrected chi connectivity index (χ3v) is 16.7. The number of amides is 13. The molecule has 2 aromatic rings. The summed E-state index contributed by atoms with van der Waals surface area (Å²) in [5.41, 5.74) is 40.6. The fraction of sp³-hybridized carbons (Fsp3) is 0.587. The number of nitrogens with one attached hydrogen (secondary N) is 8. The number of primary amides is 3. The second kappa shape index (κ2) is 41.0. The molecule has 22 N–H and O–H groups in total. The zero-order chi connectivity index (χ0) is 70.1. The number of likely N-dealkylation sites (tertiary alicyclic amines) is 2. The van der Waals surface area contributed by atoms with Gasteiger partial charge in [-0.1, -0.05) is 74.5 Å². The number of carbonyl (C=O) groups excluding carboxylic acids is 13. The normalized spacial score (nSPS) is 16.8. The Morgan fingerprint density at radius 2 is 1.01 bits per heavy atom. The number of hydrogen-bond acceptors (Lipinski definition) is 17. The quantitative estimate of drug-likeness (QED) is 0.0173. The first-order chi connectivity index (χ1) is 45.2. The molecule has 0 saturated carbocycles. The number of benzene rings is 2. The van der Waals surface area contributed by atoms with Crippen LogP contribution in [0.1, 0.15) is 121 Å². The molecule has 0 unspecified atom stereocenters. The predicted octanol–water partition coefficient (Wildman–Crippen LogP) is -3.71. The third-order valence-electron chi connectivity index (χ3n) is 16.0. The lowest BCUT2D eigenvalue weighted by Gasteiger charge is -2.32. The molecule has 0 spiro atoms. The summed E-state index contributed by atoms with van der Waals surface area (Å²) < 4.78 is 0. The third kappa shape index (κ3) is 27.5. The molecule has 2 aliphatic heterocycles. The number of rotatable bonds is 42. The molecular weight excluding hydrogens is 1250 g/mol. The molecule has 10 atom stereocenters. The fourth-order valence-corrected chi connectivity index (χ4v) is 11.5. The molecular formula is C63H98N18O13S. The van der Waals surface area contributed by atoms with Crippen molar-refractivity contribution in [3.63, 3.8) is 0 Å². The van der Waals surface area contributed by atoms with Crippen molar-refractivity contribution in [3.05, 3.63) is 71.8 Å². The Balaban J connectivity index is 1.56. The lowest BCUT2D eigenvalue weighted by atomic mass is 10.0. The lowest BCUT2D eigenvalue weighted by Crippen LogP contribution is -2.60. The zero-order valence-electron chi connectivity index (χ0n) is 54.5. The van der Waals surface area contributed by atoms with E-state index in [4.69, 9.17) is 40.1 Å². The molecule has 0 radical (unpaired) electrons. The van der Waals surface area contributed by atoms with Crippen LogP contribution < -0.4 is 82.7 Å². The first-order valence-electron chi connectivity index (χ1n) is 32.2. The minimum Gasteiger partial charge on any atom is -0.370 e. The van der Waals surface area contributed by atoms with Gasteiger partial charge in [0.05, 0.1) is 12.6 Å². The van der Waals surface area contributed by atoms with Crippen molar-refractivity contribution in [2.24, 2.45) is 51.0 Å². The molecule has 2 heterocycles. The van der Waals surface area contributed by atoms with Crippen LogP contribution in [0.3, 0.4) is 0 Å². The van der Waals surface area contributed by atoms with Crippen LogP contribution in [0.4, 0.5) is 0 Å². The standard InChI is InChI=1S/C63H98N18O13S/c1-37(2)33-45(57(89)74-41(53(68)85)27-32-95-3)73-52(84)36-72-54(86)46(34-38-15-6-4-7-16-38)78-58(90)47(35-39-17-8-5-9-18-39)79-56(88)42(23-25-50(66)82)75-55(87)43(24-26-51(67)83)76-59(91)49-22-14-31-81(49)62(94)44(20-10-11-28-64)77-60(92)48-21-13-30-80(48)61(93)40(65)19-12-29-71-63(69)70/h4-9,15-18,37,40-49H,10-14,19-36,64-65H2,1-3H3,(H2,66,82)(H2,67,83)(H2,68,85)(H,72,86)(H,73,84)(H,74,89)(H,75,87)(H,76,91)(H,77,92)(H,78,90)(H,79,88)(H4,69,70,71)/t40-,41-,42+,43-,44-,45+,46+,47+,48+,49-/m0/s1. The monoisotopic (exact) mass is 1350 g/mol. The molecule has 31 nitrogen and oxygen atoms in total. The van der Waals surface area contributed by atoms with E-state index in [2.05, 4.69) is 47.5 Å². The minimum atomic E-state index is -1.64. The molecule has 2 fully saturated rings. The molecule has 2 saturated heterocycles. The van der Waals surface area contributed by atoms with Gasteiger partial charge in [-0.2, -0.15) is 11.8 Å². The summed E-state index contributed by atoms with van der Waals surface area (Å²) in [7, 11) is 0. The zero-order valence-corrected chi connectivity index (χ0v) is 55.3. The van der Waals surface area contributed by atoms with Gasteiger partial charge in [-0.15, -0.1) is 0 Å². The van der Waals surface area contributed by atoms with Gasteiger partial charge in [0.2, 0.25) is 76.8 Å². The van der Waals surface area contributed by atoms with Crippen LogP contribution in [0.5, 0.6) is 0 Å². The smallest absolute Gasteiger partial charge is 0.245 e. The molecule has 2 aromatic carbocycles. The molecule has 95 heavy (non-hydrogen) atoms. The van der Waals surface area contributed by atoms with Gasteiger partial charge in [-0.3, -0.25) is 67.3 Å². The van der Waals surface area contributed by atoms with E-state index in [0.717, 1.165) is 0 Å². The number of nitrogens with two attached hydrogens (primary N) is 7. The van der Waals surface area contributed by atoms with E-state index in [1.54, 1.807) is 60.7 Å². The first-order valence-corrected chi connectivity index (χ1v) is 33.6. The van der Waals surface area contributed by atoms with Gasteiger partial charge >= 0.3 is 0 Å². The molecule has 0 aromatic heterocycles. The molecule has 13 amide bonds. The highest BCUT2D eigenvalue weighted by atomic mass is 32.2. The maximum absolute atomic E-state index is 14.7. The highest BCUT2D eigenvalue weighted by Gasteiger charge is 2.42. The summed E-state index contributed by atoms with van der Waals surface area (Å²) in [5.74, 6) is -9.80. The maximum atomic E-state index is 14.7. The highest BCUT2D eigenvalue weighted by molar-refractivity contribution is 7.98. The highest BCUT2D eigenvalue weighted by Crippen LogP contribution is 2.24. The lowest BCUT2D eigenvalue weighted by molar-refractivity contribution is -0.144. The van der Waals surface area contributed by atoms with Gasteiger partial charge < -0.3 is 92.5 Å². The van der Waals surface area contributed by atoms with Crippen LogP contribution >= 0.6 is 11.8 Å². The van der Waals surface area contributed by atoms with Crippen LogP contribution in [0.15, 0.2) is 65.7 Å². The first kappa shape index (κ1) is 78.5. The van der Waals surface area contributed by atoms with Crippen molar-refractivity contribution in [2.75, 3.05) is 44.7 Å². The minimum absolute atomic E-state index is 0.0736. The summed E-state index contributed by atoms with van der Waals surface area (Å²) >= 11 is 1.45. The second-order valence-corrected chi connectivity index (χ2v) is 25.1. The summed E-state index contributed by atoms with van der Waals surface area (Å²) in [5, 5.41) is 21.1. The van der Waals surface area contributed by atoms with Gasteiger partial charge in [0.15, 0.2) is 5.96 Å². The van der Waals surface area contributed by atoms with Crippen LogP contribution in [0.25, 0.3) is 0 Å². The van der Waals surface area contributed by atoms with Gasteiger partial charge in [-0.05, 0) is 119 Å². The molecule has 4 rings (SSSR count). The number of carbonyl (C=O) groups is 13. The number of thioether (sulfide) groups is 1. The Hall–Kier alpha value is -8.91. The van der Waals surface area contributed by atoms with E-state index < -0.39 is 169 Å². The Kier molecular flexibility index (Phi) is 33.9. The van der Waals surface area contributed by atoms with Crippen LogP contribution in [-0.2, 0) is 75.2 Å². The van der Waals surface area contributed by atoms with Crippen molar-refractivity contribution in [1.82, 2.24) is 52.3 Å². The van der Waals surface area contributed by atoms with Gasteiger partial charge in [0.1, 0.15) is 54.4 Å². The Morgan fingerprint density at radius 3 is 1.51 bits per heavy atom. The van der Waals surface area contributed by atoms with E-state index in [-0.39, 0.29) is 83.0 Å². The SMILES string of the molecule is CSCC[C@H](NC(=O)[C@@H](CC(C)C)NC(=O)CNC(=O)[C@@H](Cc1ccccc1)NC(=O)[C@@H](Cc1ccccc1)NC(=O)[C@@H](CCC(N)=O)NC(=O)[C@H](CCC(N)=O)NC(=O)[C@@H]1CCCN1C(=O)[C@H](CCCCN)NC(=O)[C@H]1CCCN1C(=O)[C@@H](N)CCCN=C(N)N)C(N)=O. The Morgan fingerprint density at radius 1 is 0.537 bits per heavy atom. The molecule has 2 aliphatic rings. The van der Waals surface area contributed by atoms with Gasteiger partial charge in [-0.25, -0.2) is 0 Å². The van der Waals surface area contributed by atoms with E-state index in [1.165, 1.54) is 21.6 Å². The Labute approximate surface area is 558 Å². The number of unbranched alkanes of at least 4 members (excludes halogenated alkanes) is 1. The topological polar surface area (TPSA) is 519 Å². The Bertz CT molecular complexity index is 2960. The van der Waals surface area contributed by atoms with Gasteiger partial charge in [0, 0.05) is 45.3 Å². The van der Waals surface area contributed by atoms with Crippen molar-refractivity contribution in [2.45, 2.75) is 183 Å². The molecule has 0 bridgehead atoms. The average molecular weight is 1350 g/mol. The fourth-order valence-electron chi connectivity index (χ4n) is 11.0. The summed E-state index contributed by atoms with van der Waals surface area (Å²) in [6.07, 6.45) is 3.12. The van der Waals surface area contributed by atoms with Crippen molar-refractivity contribution in [3.8, 4) is 0 Å². The number of guanidine groups is 1. The molecule has 524 valence electrons. The average Bonchev–Trinajstić information content (AvgIpc) is 1.74. The van der Waals surface area contributed by atoms with E-state index >= 15 is 0 Å². The van der Waals surface area contributed by atoms with E-state index in [0.29, 0.717) is 55.4 Å². The maximum Gasteiger partial charge on any atom is 0.245 e.